The Hall–Kier alpha value is -1.10. The minimum absolute atomic E-state index is 0.0594. The van der Waals surface area contributed by atoms with Crippen LogP contribution in [0.5, 0.6) is 0 Å². The van der Waals surface area contributed by atoms with Gasteiger partial charge in [0.1, 0.15) is 0 Å². The van der Waals surface area contributed by atoms with E-state index in [1.54, 1.807) is 23.8 Å². The number of likely N-dealkylation sites (tertiary alicyclic amines) is 1. The van der Waals surface area contributed by atoms with E-state index >= 15 is 0 Å². The van der Waals surface area contributed by atoms with E-state index < -0.39 is 6.10 Å². The molecule has 1 rings (SSSR count). The van der Waals surface area contributed by atoms with Gasteiger partial charge in [-0.05, 0) is 19.8 Å². The van der Waals surface area contributed by atoms with Crippen molar-refractivity contribution in [1.29, 1.82) is 0 Å². The van der Waals surface area contributed by atoms with Crippen LogP contribution in [0.3, 0.4) is 0 Å². The predicted molar refractivity (Wildman–Crippen MR) is 59.7 cm³/mol. The van der Waals surface area contributed by atoms with Gasteiger partial charge < -0.3 is 14.9 Å². The molecule has 5 nitrogen and oxygen atoms in total. The number of amides is 2. The maximum atomic E-state index is 11.7. The molecule has 5 heteroatoms. The van der Waals surface area contributed by atoms with E-state index in [1.165, 1.54) is 0 Å². The molecule has 0 spiro atoms. The average Bonchev–Trinajstić information content (AvgIpc) is 2.60. The quantitative estimate of drug-likeness (QED) is 0.711. The molecule has 2 amide bonds. The van der Waals surface area contributed by atoms with Crippen LogP contribution in [0.4, 0.5) is 0 Å². The third kappa shape index (κ3) is 3.81. The molecule has 0 radical (unpaired) electrons. The highest BCUT2D eigenvalue weighted by Gasteiger charge is 2.23. The Kier molecular flexibility index (Phi) is 4.73. The molecule has 1 fully saturated rings. The van der Waals surface area contributed by atoms with Crippen LogP contribution in [0.25, 0.3) is 0 Å². The molecule has 0 aromatic heterocycles. The van der Waals surface area contributed by atoms with Crippen LogP contribution in [0.2, 0.25) is 0 Å². The van der Waals surface area contributed by atoms with E-state index in [0.29, 0.717) is 25.9 Å². The maximum absolute atomic E-state index is 11.7. The molecule has 0 bridgehead atoms. The fraction of sp³-hybridized carbons (Fsp3) is 0.818. The Bertz CT molecular complexity index is 266. The molecule has 1 saturated heterocycles. The summed E-state index contributed by atoms with van der Waals surface area (Å²) in [5.41, 5.74) is 0. The van der Waals surface area contributed by atoms with Crippen LogP contribution >= 0.6 is 0 Å². The monoisotopic (exact) mass is 228 g/mol. The van der Waals surface area contributed by atoms with Gasteiger partial charge in [0.05, 0.1) is 12.6 Å². The van der Waals surface area contributed by atoms with E-state index in [0.717, 1.165) is 6.42 Å². The smallest absolute Gasteiger partial charge is 0.241 e. The zero-order valence-corrected chi connectivity index (χ0v) is 9.98. The molecule has 1 unspecified atom stereocenters. The van der Waals surface area contributed by atoms with Crippen LogP contribution in [-0.2, 0) is 9.59 Å². The molecule has 92 valence electrons. The zero-order chi connectivity index (χ0) is 12.1. The van der Waals surface area contributed by atoms with Crippen molar-refractivity contribution in [3.8, 4) is 0 Å². The van der Waals surface area contributed by atoms with Crippen molar-refractivity contribution in [1.82, 2.24) is 9.80 Å². The first-order valence-electron chi connectivity index (χ1n) is 5.70. The normalized spacial score (nSPS) is 17.7. The first kappa shape index (κ1) is 13.0. The SMILES string of the molecule is CC(O)CCN(C)C(=O)CN1CCCC1=O. The molecule has 16 heavy (non-hydrogen) atoms. The van der Waals surface area contributed by atoms with Gasteiger partial charge in [0, 0.05) is 26.6 Å². The largest absolute Gasteiger partial charge is 0.393 e. The molecule has 1 aliphatic heterocycles. The minimum Gasteiger partial charge on any atom is -0.393 e. The van der Waals surface area contributed by atoms with E-state index in [2.05, 4.69) is 0 Å². The second kappa shape index (κ2) is 5.84. The summed E-state index contributed by atoms with van der Waals surface area (Å²) in [6.07, 6.45) is 1.58. The second-order valence-electron chi connectivity index (χ2n) is 4.37. The van der Waals surface area contributed by atoms with Crippen LogP contribution in [0.15, 0.2) is 0 Å². The number of carbonyl (C=O) groups excluding carboxylic acids is 2. The Balaban J connectivity index is 2.30. The van der Waals surface area contributed by atoms with Gasteiger partial charge in [-0.3, -0.25) is 9.59 Å². The van der Waals surface area contributed by atoms with Gasteiger partial charge in [0.2, 0.25) is 11.8 Å². The lowest BCUT2D eigenvalue weighted by Gasteiger charge is -2.21. The summed E-state index contributed by atoms with van der Waals surface area (Å²) in [7, 11) is 1.70. The summed E-state index contributed by atoms with van der Waals surface area (Å²) in [5, 5.41) is 9.11. The van der Waals surface area contributed by atoms with Crippen molar-refractivity contribution in [3.63, 3.8) is 0 Å². The fourth-order valence-corrected chi connectivity index (χ4v) is 1.66. The number of nitrogens with zero attached hydrogens (tertiary/aromatic N) is 2. The van der Waals surface area contributed by atoms with Crippen LogP contribution in [0, 0.1) is 0 Å². The van der Waals surface area contributed by atoms with Gasteiger partial charge in [-0.25, -0.2) is 0 Å². The molecule has 1 heterocycles. The number of aliphatic hydroxyl groups excluding tert-OH is 1. The first-order valence-corrected chi connectivity index (χ1v) is 5.70. The molecule has 0 saturated carbocycles. The average molecular weight is 228 g/mol. The number of likely N-dealkylation sites (N-methyl/N-ethyl adjacent to an activating group) is 1. The summed E-state index contributed by atoms with van der Waals surface area (Å²) in [6, 6.07) is 0. The number of aliphatic hydroxyl groups is 1. The van der Waals surface area contributed by atoms with Crippen molar-refractivity contribution in [2.75, 3.05) is 26.7 Å². The molecule has 0 aromatic carbocycles. The van der Waals surface area contributed by atoms with Gasteiger partial charge in [0.15, 0.2) is 0 Å². The van der Waals surface area contributed by atoms with E-state index in [1.807, 2.05) is 0 Å². The van der Waals surface area contributed by atoms with E-state index in [4.69, 9.17) is 5.11 Å². The van der Waals surface area contributed by atoms with E-state index in [9.17, 15) is 9.59 Å². The molecule has 1 atom stereocenters. The van der Waals surface area contributed by atoms with Gasteiger partial charge in [-0.1, -0.05) is 0 Å². The third-order valence-electron chi connectivity index (χ3n) is 2.81. The van der Waals surface area contributed by atoms with Crippen molar-refractivity contribution < 1.29 is 14.7 Å². The van der Waals surface area contributed by atoms with Gasteiger partial charge in [-0.2, -0.15) is 0 Å². The molecule has 0 aromatic rings. The van der Waals surface area contributed by atoms with Crippen molar-refractivity contribution in [2.24, 2.45) is 0 Å². The summed E-state index contributed by atoms with van der Waals surface area (Å²) in [4.78, 5) is 26.2. The fourth-order valence-electron chi connectivity index (χ4n) is 1.66. The summed E-state index contributed by atoms with van der Waals surface area (Å²) in [6.45, 7) is 3.09. The number of carbonyl (C=O) groups is 2. The Morgan fingerprint density at radius 1 is 1.62 bits per heavy atom. The van der Waals surface area contributed by atoms with Crippen LogP contribution in [-0.4, -0.2) is 59.5 Å². The lowest BCUT2D eigenvalue weighted by atomic mass is 10.3. The van der Waals surface area contributed by atoms with Crippen molar-refractivity contribution >= 4 is 11.8 Å². The summed E-state index contributed by atoms with van der Waals surface area (Å²) >= 11 is 0. The van der Waals surface area contributed by atoms with Crippen LogP contribution < -0.4 is 0 Å². The van der Waals surface area contributed by atoms with Crippen molar-refractivity contribution in [3.05, 3.63) is 0 Å². The van der Waals surface area contributed by atoms with Crippen molar-refractivity contribution in [2.45, 2.75) is 32.3 Å². The Morgan fingerprint density at radius 2 is 2.31 bits per heavy atom. The molecular weight excluding hydrogens is 208 g/mol. The minimum atomic E-state index is -0.399. The highest BCUT2D eigenvalue weighted by Crippen LogP contribution is 2.09. The standard InChI is InChI=1S/C11H20N2O3/c1-9(14)5-7-12(2)11(16)8-13-6-3-4-10(13)15/h9,14H,3-8H2,1-2H3. The topological polar surface area (TPSA) is 60.9 Å². The molecule has 1 N–H and O–H groups in total. The Labute approximate surface area is 96.0 Å². The molecule has 0 aliphatic carbocycles. The highest BCUT2D eigenvalue weighted by atomic mass is 16.3. The zero-order valence-electron chi connectivity index (χ0n) is 9.98. The molecule has 1 aliphatic rings. The highest BCUT2D eigenvalue weighted by molar-refractivity contribution is 5.85. The summed E-state index contributed by atoms with van der Waals surface area (Å²) < 4.78 is 0. The van der Waals surface area contributed by atoms with Gasteiger partial charge in [0.25, 0.3) is 0 Å². The van der Waals surface area contributed by atoms with E-state index in [-0.39, 0.29) is 18.4 Å². The number of rotatable bonds is 5. The summed E-state index contributed by atoms with van der Waals surface area (Å²) in [5.74, 6) is 0.00757. The lowest BCUT2D eigenvalue weighted by Crippen LogP contribution is -2.39. The lowest BCUT2D eigenvalue weighted by molar-refractivity contribution is -0.137. The predicted octanol–water partition coefficient (Wildman–Crippen LogP) is -0.162. The number of hydrogen-bond donors (Lipinski definition) is 1. The second-order valence-corrected chi connectivity index (χ2v) is 4.37. The molecular formula is C11H20N2O3. The van der Waals surface area contributed by atoms with Gasteiger partial charge in [-0.15, -0.1) is 0 Å². The third-order valence-corrected chi connectivity index (χ3v) is 2.81. The number of hydrogen-bond acceptors (Lipinski definition) is 3. The van der Waals surface area contributed by atoms with Gasteiger partial charge >= 0.3 is 0 Å². The first-order chi connectivity index (χ1) is 7.50. The maximum Gasteiger partial charge on any atom is 0.241 e. The Morgan fingerprint density at radius 3 is 2.81 bits per heavy atom. The van der Waals surface area contributed by atoms with Crippen LogP contribution in [0.1, 0.15) is 26.2 Å².